The van der Waals surface area contributed by atoms with Gasteiger partial charge in [-0.05, 0) is 41.8 Å². The van der Waals surface area contributed by atoms with E-state index in [9.17, 15) is 27.2 Å². The Labute approximate surface area is 208 Å². The van der Waals surface area contributed by atoms with Gasteiger partial charge in [0, 0.05) is 32.1 Å². The van der Waals surface area contributed by atoms with E-state index >= 15 is 0 Å². The number of halogens is 5. The van der Waals surface area contributed by atoms with Crippen LogP contribution in [0.4, 0.5) is 23.4 Å². The van der Waals surface area contributed by atoms with Gasteiger partial charge in [0.2, 0.25) is 11.7 Å². The molecule has 194 valence electrons. The van der Waals surface area contributed by atoms with Gasteiger partial charge in [-0.25, -0.2) is 4.39 Å². The first kappa shape index (κ1) is 27.0. The van der Waals surface area contributed by atoms with Crippen molar-refractivity contribution in [2.75, 3.05) is 25.0 Å². The van der Waals surface area contributed by atoms with Crippen molar-refractivity contribution in [1.29, 1.82) is 0 Å². The first-order valence-electron chi connectivity index (χ1n) is 10.9. The molecule has 1 aromatic carbocycles. The number of amides is 2. The molecule has 36 heavy (non-hydrogen) atoms. The number of rotatable bonds is 11. The largest absolute Gasteiger partial charge is 0.416 e. The molecule has 0 atom stereocenters. The zero-order chi connectivity index (χ0) is 26.5. The highest BCUT2D eigenvalue weighted by atomic mass is 35.5. The Morgan fingerprint density at radius 1 is 1.28 bits per heavy atom. The van der Waals surface area contributed by atoms with Crippen molar-refractivity contribution in [3.63, 3.8) is 0 Å². The molecule has 0 bridgehead atoms. The summed E-state index contributed by atoms with van der Waals surface area (Å²) in [6, 6.07) is 2.73. The molecule has 10 nitrogen and oxygen atoms in total. The van der Waals surface area contributed by atoms with Crippen LogP contribution in [0.2, 0.25) is 5.28 Å². The maximum atomic E-state index is 14.1. The van der Waals surface area contributed by atoms with Crippen LogP contribution in [0.3, 0.4) is 0 Å². The molecule has 0 aliphatic rings. The number of imidazole rings is 1. The fourth-order valence-electron chi connectivity index (χ4n) is 3.49. The van der Waals surface area contributed by atoms with Crippen molar-refractivity contribution >= 4 is 29.7 Å². The Kier molecular flexibility index (Phi) is 8.61. The molecule has 0 saturated heterocycles. The number of nitrogens with one attached hydrogen (secondary N) is 1. The molecular formula is C21H23ClF4N8O2. The van der Waals surface area contributed by atoms with E-state index in [2.05, 4.69) is 25.4 Å². The molecule has 0 radical (unpaired) electrons. The average Bonchev–Trinajstić information content (AvgIpc) is 3.43. The fraction of sp³-hybridized carbons (Fsp3) is 0.429. The normalized spacial score (nSPS) is 11.5. The number of benzene rings is 1. The van der Waals surface area contributed by atoms with Crippen molar-refractivity contribution in [1.82, 2.24) is 35.1 Å². The predicted molar refractivity (Wildman–Crippen MR) is 121 cm³/mol. The summed E-state index contributed by atoms with van der Waals surface area (Å²) in [4.78, 5) is 34.8. The molecule has 1 N–H and O–H groups in total. The highest BCUT2D eigenvalue weighted by Crippen LogP contribution is 2.33. The minimum absolute atomic E-state index is 0.0346. The van der Waals surface area contributed by atoms with E-state index in [1.807, 2.05) is 6.92 Å². The lowest BCUT2D eigenvalue weighted by molar-refractivity contribution is -0.138. The van der Waals surface area contributed by atoms with E-state index in [4.69, 9.17) is 11.6 Å². The van der Waals surface area contributed by atoms with Crippen molar-refractivity contribution in [2.24, 2.45) is 0 Å². The number of aryl methyl sites for hydroxylation is 1. The van der Waals surface area contributed by atoms with Crippen molar-refractivity contribution in [3.8, 4) is 0 Å². The number of aromatic amines is 1. The van der Waals surface area contributed by atoms with Crippen LogP contribution in [0.1, 0.15) is 47.2 Å². The molecule has 0 fully saturated rings. The van der Waals surface area contributed by atoms with Crippen LogP contribution in [-0.2, 0) is 23.9 Å². The number of aromatic nitrogens is 6. The number of carbonyl (C=O) groups excluding carboxylic acids is 2. The summed E-state index contributed by atoms with van der Waals surface area (Å²) in [6.07, 6.45) is -3.61. The summed E-state index contributed by atoms with van der Waals surface area (Å²) in [5, 5.41) is 11.5. The topological polar surface area (TPSA) is 113 Å². The van der Waals surface area contributed by atoms with Gasteiger partial charge in [0.25, 0.3) is 5.91 Å². The molecular weight excluding hydrogens is 508 g/mol. The van der Waals surface area contributed by atoms with Crippen LogP contribution in [0, 0.1) is 5.82 Å². The van der Waals surface area contributed by atoms with Crippen LogP contribution in [0.15, 0.2) is 18.2 Å². The van der Waals surface area contributed by atoms with E-state index in [0.29, 0.717) is 25.8 Å². The summed E-state index contributed by atoms with van der Waals surface area (Å²) in [5.41, 5.74) is -1.59. The molecule has 0 unspecified atom stereocenters. The van der Waals surface area contributed by atoms with E-state index < -0.39 is 35.4 Å². The quantitative estimate of drug-likeness (QED) is 0.300. The zero-order valence-electron chi connectivity index (χ0n) is 19.4. The second-order valence-corrected chi connectivity index (χ2v) is 8.21. The van der Waals surface area contributed by atoms with Gasteiger partial charge in [-0.15, -0.1) is 10.2 Å². The van der Waals surface area contributed by atoms with Crippen molar-refractivity contribution in [3.05, 3.63) is 51.9 Å². The summed E-state index contributed by atoms with van der Waals surface area (Å²) in [7, 11) is 1.54. The number of tetrazole rings is 1. The van der Waals surface area contributed by atoms with Gasteiger partial charge in [0.05, 0.1) is 12.1 Å². The number of alkyl halides is 3. The average molecular weight is 531 g/mol. The van der Waals surface area contributed by atoms with Gasteiger partial charge in [-0.2, -0.15) is 23.0 Å². The second-order valence-electron chi connectivity index (χ2n) is 7.85. The maximum Gasteiger partial charge on any atom is 0.416 e. The molecule has 3 aromatic rings. The van der Waals surface area contributed by atoms with E-state index in [1.165, 1.54) is 9.80 Å². The van der Waals surface area contributed by atoms with Crippen LogP contribution in [-0.4, -0.2) is 67.5 Å². The molecule has 0 aliphatic heterocycles. The highest BCUT2D eigenvalue weighted by molar-refractivity contribution is 6.29. The Hall–Kier alpha value is -3.55. The lowest BCUT2D eigenvalue weighted by Crippen LogP contribution is -2.31. The Morgan fingerprint density at radius 3 is 2.69 bits per heavy atom. The molecule has 2 heterocycles. The van der Waals surface area contributed by atoms with Crippen molar-refractivity contribution < 1.29 is 27.2 Å². The SMILES string of the molecule is CCCN(C=O)c1nc(Cl)[nH]c1C(=O)N(C)CCCn1nnc(Cc2c(F)cccc2C(F)(F)F)n1. The van der Waals surface area contributed by atoms with Gasteiger partial charge in [-0.3, -0.25) is 14.5 Å². The molecule has 0 spiro atoms. The summed E-state index contributed by atoms with van der Waals surface area (Å²) >= 11 is 5.91. The third kappa shape index (κ3) is 6.36. The fourth-order valence-corrected chi connectivity index (χ4v) is 3.66. The first-order valence-corrected chi connectivity index (χ1v) is 11.3. The first-order chi connectivity index (χ1) is 17.0. The summed E-state index contributed by atoms with van der Waals surface area (Å²) in [6.45, 7) is 2.66. The van der Waals surface area contributed by atoms with Gasteiger partial charge in [0.1, 0.15) is 5.82 Å². The number of hydrogen-bond acceptors (Lipinski definition) is 6. The Balaban J connectivity index is 1.61. The monoisotopic (exact) mass is 530 g/mol. The molecule has 2 aromatic heterocycles. The standard InChI is InChI=1S/C21H23ClF4N8O2/c1-3-8-33(12-35)18-17(27-20(22)28-18)19(36)32(2)9-5-10-34-30-16(29-31-34)11-13-14(21(24,25)26)6-4-7-15(13)23/h4,6-7,12H,3,5,8-11H2,1-2H3,(H,27,28). The second kappa shape index (κ2) is 11.5. The number of hydrogen-bond donors (Lipinski definition) is 1. The Bertz CT molecular complexity index is 1210. The number of anilines is 1. The van der Waals surface area contributed by atoms with E-state index in [0.717, 1.165) is 23.0 Å². The maximum absolute atomic E-state index is 14.1. The third-order valence-corrected chi connectivity index (χ3v) is 5.36. The van der Waals surface area contributed by atoms with Crippen LogP contribution < -0.4 is 4.90 Å². The van der Waals surface area contributed by atoms with Gasteiger partial charge in [-0.1, -0.05) is 13.0 Å². The van der Waals surface area contributed by atoms with E-state index in [-0.39, 0.29) is 35.7 Å². The number of H-pyrrole nitrogens is 1. The zero-order valence-corrected chi connectivity index (χ0v) is 20.1. The minimum atomic E-state index is -4.72. The van der Waals surface area contributed by atoms with Crippen LogP contribution in [0.5, 0.6) is 0 Å². The van der Waals surface area contributed by atoms with Gasteiger partial charge < -0.3 is 9.88 Å². The van der Waals surface area contributed by atoms with Crippen LogP contribution in [0.25, 0.3) is 0 Å². The summed E-state index contributed by atoms with van der Waals surface area (Å²) < 4.78 is 53.7. The number of nitrogens with zero attached hydrogens (tertiary/aromatic N) is 7. The lowest BCUT2D eigenvalue weighted by Gasteiger charge is -2.19. The highest BCUT2D eigenvalue weighted by Gasteiger charge is 2.34. The molecule has 0 saturated carbocycles. The molecule has 2 amide bonds. The molecule has 3 rings (SSSR count). The molecule has 0 aliphatic carbocycles. The van der Waals surface area contributed by atoms with E-state index in [1.54, 1.807) is 7.05 Å². The third-order valence-electron chi connectivity index (χ3n) is 5.19. The van der Waals surface area contributed by atoms with Crippen molar-refractivity contribution in [2.45, 2.75) is 38.9 Å². The summed E-state index contributed by atoms with van der Waals surface area (Å²) in [5.74, 6) is -1.40. The number of carbonyl (C=O) groups is 2. The smallest absolute Gasteiger partial charge is 0.340 e. The van der Waals surface area contributed by atoms with Gasteiger partial charge >= 0.3 is 6.18 Å². The Morgan fingerprint density at radius 2 is 2.03 bits per heavy atom. The van der Waals surface area contributed by atoms with Crippen LogP contribution >= 0.6 is 11.6 Å². The lowest BCUT2D eigenvalue weighted by atomic mass is 10.0. The molecule has 15 heteroatoms. The minimum Gasteiger partial charge on any atom is -0.340 e. The predicted octanol–water partition coefficient (Wildman–Crippen LogP) is 3.33. The van der Waals surface area contributed by atoms with Gasteiger partial charge in [0.15, 0.2) is 17.3 Å².